The van der Waals surface area contributed by atoms with Gasteiger partial charge in [-0.2, -0.15) is 0 Å². The first-order valence-electron chi connectivity index (χ1n) is 9.31. The van der Waals surface area contributed by atoms with Gasteiger partial charge in [0.1, 0.15) is 5.82 Å². The second-order valence-electron chi connectivity index (χ2n) is 7.49. The fraction of sp³-hybridized carbons (Fsp3) is 0.524. The van der Waals surface area contributed by atoms with Crippen LogP contribution in [0, 0.1) is 12.3 Å². The largest absolute Gasteiger partial charge is 0.358 e. The van der Waals surface area contributed by atoms with Crippen LogP contribution < -0.4 is 4.90 Å². The molecular weight excluding hydrogens is 390 g/mol. The second kappa shape index (κ2) is 8.38. The van der Waals surface area contributed by atoms with Gasteiger partial charge in [-0.15, -0.1) is 0 Å². The van der Waals surface area contributed by atoms with Crippen LogP contribution in [0.4, 0.5) is 5.82 Å². The summed E-state index contributed by atoms with van der Waals surface area (Å²) in [6, 6.07) is 4.03. The molecule has 2 aromatic rings. The van der Waals surface area contributed by atoms with E-state index in [2.05, 4.69) is 64.3 Å². The Balaban J connectivity index is 0.00000117. The summed E-state index contributed by atoms with van der Waals surface area (Å²) in [6.45, 7) is 12.3. The number of aromatic nitrogens is 2. The standard InChI is InChI=1S/C19H24BrN3O.C2H6/c1-13-16(20)5-6-21-18(13)22(4)7-8-23-15(12-24)9-14-10-19(2,3)11-17(14)23;1-2/h5-6,9,12H,7-8,10-11H2,1-4H3;1-2H3. The molecule has 26 heavy (non-hydrogen) atoms. The smallest absolute Gasteiger partial charge is 0.166 e. The SMILES string of the molecule is CC.Cc1c(Br)ccnc1N(C)CCn1c(C=O)cc2c1CC(C)(C)C2. The minimum Gasteiger partial charge on any atom is -0.358 e. The van der Waals surface area contributed by atoms with Gasteiger partial charge in [-0.1, -0.05) is 43.6 Å². The van der Waals surface area contributed by atoms with Crippen molar-refractivity contribution in [2.75, 3.05) is 18.5 Å². The lowest BCUT2D eigenvalue weighted by Gasteiger charge is -2.23. The van der Waals surface area contributed by atoms with E-state index in [-0.39, 0.29) is 0 Å². The number of rotatable bonds is 5. The summed E-state index contributed by atoms with van der Waals surface area (Å²) in [5.41, 5.74) is 4.88. The van der Waals surface area contributed by atoms with E-state index in [9.17, 15) is 4.79 Å². The molecule has 5 heteroatoms. The van der Waals surface area contributed by atoms with Gasteiger partial charge in [0.05, 0.1) is 5.69 Å². The van der Waals surface area contributed by atoms with Gasteiger partial charge in [0.25, 0.3) is 0 Å². The first-order valence-corrected chi connectivity index (χ1v) is 10.1. The van der Waals surface area contributed by atoms with Gasteiger partial charge < -0.3 is 9.47 Å². The van der Waals surface area contributed by atoms with E-state index < -0.39 is 0 Å². The fourth-order valence-electron chi connectivity index (χ4n) is 3.67. The Morgan fingerprint density at radius 2 is 2.04 bits per heavy atom. The number of pyridine rings is 1. The van der Waals surface area contributed by atoms with E-state index in [0.29, 0.717) is 5.41 Å². The lowest BCUT2D eigenvalue weighted by molar-refractivity contribution is 0.111. The number of likely N-dealkylation sites (N-methyl/N-ethyl adjacent to an activating group) is 1. The van der Waals surface area contributed by atoms with Crippen LogP contribution in [0.25, 0.3) is 0 Å². The Labute approximate surface area is 165 Å². The summed E-state index contributed by atoms with van der Waals surface area (Å²) in [5.74, 6) is 0.973. The van der Waals surface area contributed by atoms with Crippen LogP contribution in [0.15, 0.2) is 22.8 Å². The Bertz CT molecular complexity index is 780. The second-order valence-corrected chi connectivity index (χ2v) is 8.35. The van der Waals surface area contributed by atoms with Crippen LogP contribution in [0.1, 0.15) is 55.0 Å². The molecule has 0 aromatic carbocycles. The predicted octanol–water partition coefficient (Wildman–Crippen LogP) is 5.05. The minimum atomic E-state index is 0.294. The summed E-state index contributed by atoms with van der Waals surface area (Å²) in [7, 11) is 2.05. The number of nitrogens with zero attached hydrogens (tertiary/aromatic N) is 3. The maximum absolute atomic E-state index is 11.5. The predicted molar refractivity (Wildman–Crippen MR) is 112 cm³/mol. The van der Waals surface area contributed by atoms with Gasteiger partial charge in [-0.05, 0) is 42.9 Å². The molecule has 0 unspecified atom stereocenters. The molecular formula is C21H30BrN3O. The zero-order valence-electron chi connectivity index (χ0n) is 16.8. The molecule has 2 aromatic heterocycles. The van der Waals surface area contributed by atoms with E-state index in [1.54, 1.807) is 0 Å². The molecule has 0 atom stereocenters. The summed E-state index contributed by atoms with van der Waals surface area (Å²) in [4.78, 5) is 18.1. The van der Waals surface area contributed by atoms with Gasteiger partial charge in [-0.25, -0.2) is 4.98 Å². The molecule has 142 valence electrons. The lowest BCUT2D eigenvalue weighted by Crippen LogP contribution is -2.26. The summed E-state index contributed by atoms with van der Waals surface area (Å²) < 4.78 is 3.26. The number of anilines is 1. The molecule has 0 saturated heterocycles. The van der Waals surface area contributed by atoms with E-state index in [1.807, 2.05) is 26.1 Å². The number of hydrogen-bond acceptors (Lipinski definition) is 3. The molecule has 0 fully saturated rings. The third-order valence-electron chi connectivity index (χ3n) is 4.90. The molecule has 1 aliphatic carbocycles. The Hall–Kier alpha value is -1.62. The fourth-order valence-corrected chi connectivity index (χ4v) is 3.96. The molecule has 0 amide bonds. The third-order valence-corrected chi connectivity index (χ3v) is 5.76. The average Bonchev–Trinajstić information content (AvgIpc) is 3.08. The van der Waals surface area contributed by atoms with Crippen molar-refractivity contribution >= 4 is 28.0 Å². The highest BCUT2D eigenvalue weighted by atomic mass is 79.9. The van der Waals surface area contributed by atoms with Gasteiger partial charge in [0.2, 0.25) is 0 Å². The molecule has 2 heterocycles. The zero-order chi connectivity index (χ0) is 19.5. The lowest BCUT2D eigenvalue weighted by atomic mass is 9.90. The number of fused-ring (bicyclic) bond motifs is 1. The van der Waals surface area contributed by atoms with Crippen molar-refractivity contribution in [2.45, 2.75) is 54.0 Å². The maximum atomic E-state index is 11.5. The first kappa shape index (κ1) is 20.7. The van der Waals surface area contributed by atoms with Crippen molar-refractivity contribution < 1.29 is 4.79 Å². The van der Waals surface area contributed by atoms with Crippen molar-refractivity contribution in [1.29, 1.82) is 0 Å². The Morgan fingerprint density at radius 3 is 2.69 bits per heavy atom. The van der Waals surface area contributed by atoms with E-state index in [0.717, 1.165) is 53.8 Å². The molecule has 3 rings (SSSR count). The Morgan fingerprint density at radius 1 is 1.35 bits per heavy atom. The highest BCUT2D eigenvalue weighted by Gasteiger charge is 2.32. The number of hydrogen-bond donors (Lipinski definition) is 0. The third kappa shape index (κ3) is 4.20. The van der Waals surface area contributed by atoms with Crippen LogP contribution in [-0.4, -0.2) is 29.4 Å². The molecule has 4 nitrogen and oxygen atoms in total. The molecule has 1 aliphatic rings. The molecule has 0 spiro atoms. The van der Waals surface area contributed by atoms with E-state index in [4.69, 9.17) is 0 Å². The van der Waals surface area contributed by atoms with Crippen molar-refractivity contribution in [3.63, 3.8) is 0 Å². The topological polar surface area (TPSA) is 38.1 Å². The van der Waals surface area contributed by atoms with Gasteiger partial charge in [0, 0.05) is 42.1 Å². The molecule has 0 N–H and O–H groups in total. The van der Waals surface area contributed by atoms with Crippen LogP contribution in [-0.2, 0) is 19.4 Å². The van der Waals surface area contributed by atoms with Crippen LogP contribution in [0.5, 0.6) is 0 Å². The normalized spacial score (nSPS) is 14.4. The number of carbonyl (C=O) groups is 1. The van der Waals surface area contributed by atoms with Crippen LogP contribution in [0.2, 0.25) is 0 Å². The van der Waals surface area contributed by atoms with Crippen LogP contribution >= 0.6 is 15.9 Å². The highest BCUT2D eigenvalue weighted by molar-refractivity contribution is 9.10. The molecule has 0 aliphatic heterocycles. The van der Waals surface area contributed by atoms with Crippen LogP contribution in [0.3, 0.4) is 0 Å². The number of aldehydes is 1. The highest BCUT2D eigenvalue weighted by Crippen LogP contribution is 2.37. The van der Waals surface area contributed by atoms with Crippen molar-refractivity contribution in [1.82, 2.24) is 9.55 Å². The zero-order valence-corrected chi connectivity index (χ0v) is 18.4. The number of halogens is 1. The number of carbonyl (C=O) groups excluding carboxylic acids is 1. The van der Waals surface area contributed by atoms with Crippen molar-refractivity contribution in [2.24, 2.45) is 5.41 Å². The monoisotopic (exact) mass is 419 g/mol. The van der Waals surface area contributed by atoms with Gasteiger partial charge in [0.15, 0.2) is 6.29 Å². The van der Waals surface area contributed by atoms with Crippen molar-refractivity contribution in [3.05, 3.63) is 45.3 Å². The van der Waals surface area contributed by atoms with Gasteiger partial charge >= 0.3 is 0 Å². The summed E-state index contributed by atoms with van der Waals surface area (Å²) >= 11 is 3.56. The maximum Gasteiger partial charge on any atom is 0.166 e. The summed E-state index contributed by atoms with van der Waals surface area (Å²) in [5, 5.41) is 0. The molecule has 0 saturated carbocycles. The minimum absolute atomic E-state index is 0.294. The Kier molecular flexibility index (Phi) is 6.67. The van der Waals surface area contributed by atoms with Crippen molar-refractivity contribution in [3.8, 4) is 0 Å². The quantitative estimate of drug-likeness (QED) is 0.635. The van der Waals surface area contributed by atoms with E-state index >= 15 is 0 Å². The molecule has 0 radical (unpaired) electrons. The van der Waals surface area contributed by atoms with Gasteiger partial charge in [-0.3, -0.25) is 4.79 Å². The first-order chi connectivity index (χ1) is 12.3. The summed E-state index contributed by atoms with van der Waals surface area (Å²) in [6.07, 6.45) is 4.88. The van der Waals surface area contributed by atoms with E-state index in [1.165, 1.54) is 11.3 Å². The average molecular weight is 420 g/mol. The molecule has 0 bridgehead atoms.